The highest BCUT2D eigenvalue weighted by Gasteiger charge is 2.40. The summed E-state index contributed by atoms with van der Waals surface area (Å²) in [4.78, 5) is 26.9. The van der Waals surface area contributed by atoms with Crippen LogP contribution in [0.5, 0.6) is 0 Å². The normalized spacial score (nSPS) is 21.5. The number of piperidine rings is 1. The summed E-state index contributed by atoms with van der Waals surface area (Å²) in [6, 6.07) is 7.80. The molecule has 1 aliphatic carbocycles. The number of ether oxygens (including phenoxy) is 1. The highest BCUT2D eigenvalue weighted by molar-refractivity contribution is 7.81. The van der Waals surface area contributed by atoms with Crippen molar-refractivity contribution in [2.45, 2.75) is 44.0 Å². The molecule has 1 aliphatic heterocycles. The van der Waals surface area contributed by atoms with Crippen molar-refractivity contribution in [1.82, 2.24) is 14.7 Å². The molecule has 1 saturated heterocycles. The van der Waals surface area contributed by atoms with Gasteiger partial charge in [0.15, 0.2) is 5.78 Å². The predicted octanol–water partition coefficient (Wildman–Crippen LogP) is 3.69. The number of likely N-dealkylation sites (tertiary alicyclic amines) is 1. The van der Waals surface area contributed by atoms with Crippen molar-refractivity contribution in [3.05, 3.63) is 59.2 Å². The van der Waals surface area contributed by atoms with Crippen molar-refractivity contribution < 1.29 is 18.7 Å². The van der Waals surface area contributed by atoms with Crippen molar-refractivity contribution in [2.75, 3.05) is 19.7 Å². The Hall–Kier alpha value is -2.45. The Bertz CT molecular complexity index is 1020. The summed E-state index contributed by atoms with van der Waals surface area (Å²) in [7, 11) is 0. The van der Waals surface area contributed by atoms with Gasteiger partial charge in [0.05, 0.1) is 18.3 Å². The number of Topliss-reactive ketones (excluding diaryl/α,β-unsaturated/α-hetero) is 1. The van der Waals surface area contributed by atoms with Gasteiger partial charge in [-0.25, -0.2) is 4.39 Å². The topological polar surface area (TPSA) is 64.4 Å². The molecule has 0 radical (unpaired) electrons. The van der Waals surface area contributed by atoms with Gasteiger partial charge in [0.1, 0.15) is 12.4 Å². The molecule has 32 heavy (non-hydrogen) atoms. The summed E-state index contributed by atoms with van der Waals surface area (Å²) in [5, 5.41) is 4.46. The average Bonchev–Trinajstić information content (AvgIpc) is 3.53. The van der Waals surface area contributed by atoms with E-state index in [-0.39, 0.29) is 35.3 Å². The third-order valence-corrected chi connectivity index (χ3v) is 6.50. The van der Waals surface area contributed by atoms with E-state index in [9.17, 15) is 14.0 Å². The lowest BCUT2D eigenvalue weighted by Gasteiger charge is -2.37. The van der Waals surface area contributed by atoms with E-state index in [1.54, 1.807) is 31.3 Å². The highest BCUT2D eigenvalue weighted by atomic mass is 32.1. The number of ketones is 1. The summed E-state index contributed by atoms with van der Waals surface area (Å²) in [5.74, 6) is -0.551. The van der Waals surface area contributed by atoms with Crippen molar-refractivity contribution in [3.8, 4) is 0 Å². The molecule has 0 N–H and O–H groups in total. The van der Waals surface area contributed by atoms with Crippen LogP contribution in [-0.4, -0.2) is 51.4 Å². The molecule has 1 saturated carbocycles. The first kappa shape index (κ1) is 22.7. The zero-order valence-corrected chi connectivity index (χ0v) is 19.0. The lowest BCUT2D eigenvalue weighted by Crippen LogP contribution is -2.42. The minimum atomic E-state index is -0.589. The Balaban J connectivity index is 1.55. The van der Waals surface area contributed by atoms with E-state index < -0.39 is 6.04 Å². The highest BCUT2D eigenvalue weighted by Crippen LogP contribution is 2.39. The second-order valence-electron chi connectivity index (χ2n) is 8.34. The fourth-order valence-corrected chi connectivity index (χ4v) is 4.42. The first-order valence-corrected chi connectivity index (χ1v) is 11.6. The van der Waals surface area contributed by atoms with E-state index in [0.717, 1.165) is 24.8 Å². The van der Waals surface area contributed by atoms with Crippen LogP contribution in [0.25, 0.3) is 6.08 Å². The van der Waals surface area contributed by atoms with Gasteiger partial charge in [0.25, 0.3) is 0 Å². The monoisotopic (exact) mass is 457 g/mol. The van der Waals surface area contributed by atoms with Crippen LogP contribution >= 0.6 is 12.6 Å². The van der Waals surface area contributed by atoms with Crippen LogP contribution in [0.4, 0.5) is 4.39 Å². The first-order chi connectivity index (χ1) is 15.5. The minimum absolute atomic E-state index is 0.0266. The molecule has 2 heterocycles. The zero-order chi connectivity index (χ0) is 22.7. The fourth-order valence-electron chi connectivity index (χ4n) is 4.14. The molecule has 1 aromatic carbocycles. The molecule has 6 nitrogen and oxygen atoms in total. The van der Waals surface area contributed by atoms with Gasteiger partial charge in [-0.05, 0) is 50.0 Å². The van der Waals surface area contributed by atoms with E-state index in [0.29, 0.717) is 31.0 Å². The van der Waals surface area contributed by atoms with Gasteiger partial charge >= 0.3 is 5.97 Å². The molecular formula is C24H28FN3O3S. The van der Waals surface area contributed by atoms with E-state index in [1.165, 1.54) is 10.7 Å². The summed E-state index contributed by atoms with van der Waals surface area (Å²) in [5.41, 5.74) is 2.17. The molecule has 8 heteroatoms. The summed E-state index contributed by atoms with van der Waals surface area (Å²) >= 11 is 4.74. The van der Waals surface area contributed by atoms with Crippen LogP contribution in [0.15, 0.2) is 42.1 Å². The number of halogens is 1. The number of aromatic nitrogens is 2. The standard InChI is InChI=1S/C24H28FN3O3S/c1-2-31-22(29)15-28-12-9-18(26-28)13-17-14-27(11-10-21(17)32)23(24(30)16-7-8-16)19-5-3-4-6-20(19)25/h3-6,9,12-13,16,21,23,32H,2,7-8,10-11,14-15H2,1H3/b17-13-. The molecule has 2 fully saturated rings. The van der Waals surface area contributed by atoms with Gasteiger partial charge in [-0.1, -0.05) is 18.2 Å². The van der Waals surface area contributed by atoms with E-state index in [1.807, 2.05) is 12.1 Å². The molecule has 2 aliphatic rings. The largest absolute Gasteiger partial charge is 0.465 e. The van der Waals surface area contributed by atoms with Crippen LogP contribution in [-0.2, 0) is 20.9 Å². The van der Waals surface area contributed by atoms with Crippen molar-refractivity contribution in [2.24, 2.45) is 5.92 Å². The number of carbonyl (C=O) groups excluding carboxylic acids is 2. The Morgan fingerprint density at radius 2 is 2.06 bits per heavy atom. The van der Waals surface area contributed by atoms with Gasteiger partial charge in [0.2, 0.25) is 0 Å². The summed E-state index contributed by atoms with van der Waals surface area (Å²) in [6.45, 7) is 3.33. The van der Waals surface area contributed by atoms with Gasteiger partial charge in [-0.15, -0.1) is 0 Å². The second kappa shape index (κ2) is 10.0. The van der Waals surface area contributed by atoms with E-state index in [4.69, 9.17) is 17.4 Å². The number of benzene rings is 1. The maximum atomic E-state index is 14.7. The number of rotatable bonds is 8. The third kappa shape index (κ3) is 5.30. The molecule has 0 amide bonds. The van der Waals surface area contributed by atoms with Crippen LogP contribution < -0.4 is 0 Å². The van der Waals surface area contributed by atoms with E-state index >= 15 is 0 Å². The zero-order valence-electron chi connectivity index (χ0n) is 18.1. The van der Waals surface area contributed by atoms with Crippen molar-refractivity contribution in [1.29, 1.82) is 0 Å². The molecule has 2 aromatic rings. The lowest BCUT2D eigenvalue weighted by molar-refractivity contribution is -0.144. The minimum Gasteiger partial charge on any atom is -0.465 e. The molecule has 2 atom stereocenters. The Kier molecular flexibility index (Phi) is 7.10. The number of nitrogens with zero attached hydrogens (tertiary/aromatic N) is 3. The van der Waals surface area contributed by atoms with Gasteiger partial charge < -0.3 is 4.74 Å². The van der Waals surface area contributed by atoms with Crippen LogP contribution in [0, 0.1) is 11.7 Å². The molecule has 0 spiro atoms. The van der Waals surface area contributed by atoms with Crippen LogP contribution in [0.2, 0.25) is 0 Å². The smallest absolute Gasteiger partial charge is 0.327 e. The lowest BCUT2D eigenvalue weighted by atomic mass is 9.93. The third-order valence-electron chi connectivity index (χ3n) is 5.91. The molecule has 170 valence electrons. The summed E-state index contributed by atoms with van der Waals surface area (Å²) in [6.07, 6.45) is 6.20. The molecule has 1 aromatic heterocycles. The summed E-state index contributed by atoms with van der Waals surface area (Å²) < 4.78 is 21.2. The Morgan fingerprint density at radius 1 is 1.28 bits per heavy atom. The molecule has 2 unspecified atom stereocenters. The van der Waals surface area contributed by atoms with E-state index in [2.05, 4.69) is 10.00 Å². The number of thiol groups is 1. The number of carbonyl (C=O) groups is 2. The fraction of sp³-hybridized carbons (Fsp3) is 0.458. The number of hydrogen-bond acceptors (Lipinski definition) is 6. The average molecular weight is 458 g/mol. The van der Waals surface area contributed by atoms with Crippen molar-refractivity contribution >= 4 is 30.5 Å². The second-order valence-corrected chi connectivity index (χ2v) is 8.96. The van der Waals surface area contributed by atoms with Gasteiger partial charge in [-0.2, -0.15) is 17.7 Å². The Labute approximate surface area is 192 Å². The quantitative estimate of drug-likeness (QED) is 0.484. The maximum Gasteiger partial charge on any atom is 0.327 e. The molecule has 4 rings (SSSR count). The van der Waals surface area contributed by atoms with Crippen LogP contribution in [0.3, 0.4) is 0 Å². The molecule has 0 bridgehead atoms. The maximum absolute atomic E-state index is 14.7. The predicted molar refractivity (Wildman–Crippen MR) is 123 cm³/mol. The SMILES string of the molecule is CCOC(=O)Cn1ccc(/C=C2/CN(C(C(=O)C3CC3)c3ccccc3F)CCC2S)n1. The van der Waals surface area contributed by atoms with Crippen molar-refractivity contribution in [3.63, 3.8) is 0 Å². The van der Waals surface area contributed by atoms with Crippen LogP contribution in [0.1, 0.15) is 43.5 Å². The number of esters is 1. The Morgan fingerprint density at radius 3 is 2.78 bits per heavy atom. The molecular weight excluding hydrogens is 429 g/mol. The van der Waals surface area contributed by atoms with Gasteiger partial charge in [-0.3, -0.25) is 19.2 Å². The number of hydrogen-bond donors (Lipinski definition) is 1. The first-order valence-electron chi connectivity index (χ1n) is 11.1. The van der Waals surface area contributed by atoms with Gasteiger partial charge in [0, 0.05) is 36.0 Å².